The average Bonchev–Trinajstić information content (AvgIpc) is 2.63. The van der Waals surface area contributed by atoms with Gasteiger partial charge in [-0.05, 0) is 49.7 Å². The number of carbonyl (C=O) groups is 2. The van der Waals surface area contributed by atoms with Crippen LogP contribution in [0.15, 0.2) is 42.5 Å². The van der Waals surface area contributed by atoms with Gasteiger partial charge in [0.2, 0.25) is 5.91 Å². The third kappa shape index (κ3) is 7.70. The van der Waals surface area contributed by atoms with Crippen LogP contribution >= 0.6 is 11.8 Å². The molecule has 0 saturated heterocycles. The summed E-state index contributed by atoms with van der Waals surface area (Å²) in [4.78, 5) is 23.6. The van der Waals surface area contributed by atoms with Gasteiger partial charge in [-0.2, -0.15) is 0 Å². The number of esters is 1. The third-order valence-corrected chi connectivity index (χ3v) is 4.44. The first-order valence-electron chi connectivity index (χ1n) is 8.43. The fraction of sp³-hybridized carbons (Fsp3) is 0.300. The first kappa shape index (κ1) is 20.8. The minimum Gasteiger partial charge on any atom is -0.490 e. The van der Waals surface area contributed by atoms with E-state index in [0.29, 0.717) is 5.75 Å². The Balaban J connectivity index is 1.58. The highest BCUT2D eigenvalue weighted by Crippen LogP contribution is 2.16. The number of halogens is 1. The van der Waals surface area contributed by atoms with Gasteiger partial charge in [0.15, 0.2) is 0 Å². The van der Waals surface area contributed by atoms with Gasteiger partial charge in [-0.1, -0.05) is 17.7 Å². The molecule has 0 unspecified atom stereocenters. The van der Waals surface area contributed by atoms with Gasteiger partial charge in [0.1, 0.15) is 24.8 Å². The van der Waals surface area contributed by atoms with Gasteiger partial charge < -0.3 is 14.8 Å². The number of hydrogen-bond donors (Lipinski definition) is 1. The fourth-order valence-electron chi connectivity index (χ4n) is 2.25. The lowest BCUT2D eigenvalue weighted by atomic mass is 10.1. The Bertz CT molecular complexity index is 780. The molecule has 0 aliphatic rings. The number of rotatable bonds is 9. The Morgan fingerprint density at radius 1 is 1.04 bits per heavy atom. The molecule has 2 aromatic rings. The zero-order valence-corrected chi connectivity index (χ0v) is 16.1. The van der Waals surface area contributed by atoms with Crippen LogP contribution in [-0.2, 0) is 14.3 Å². The molecular weight excluding hydrogens is 369 g/mol. The van der Waals surface area contributed by atoms with Gasteiger partial charge in [-0.3, -0.25) is 9.59 Å². The molecule has 0 fully saturated rings. The van der Waals surface area contributed by atoms with Crippen LogP contribution in [0.4, 0.5) is 10.1 Å². The van der Waals surface area contributed by atoms with Crippen LogP contribution < -0.4 is 10.1 Å². The minimum atomic E-state index is -0.415. The summed E-state index contributed by atoms with van der Waals surface area (Å²) in [6.45, 7) is 4.19. The molecule has 0 atom stereocenters. The van der Waals surface area contributed by atoms with E-state index in [1.165, 1.54) is 36.0 Å². The van der Waals surface area contributed by atoms with Gasteiger partial charge in [-0.15, -0.1) is 11.8 Å². The molecule has 0 spiro atoms. The molecule has 144 valence electrons. The van der Waals surface area contributed by atoms with Crippen molar-refractivity contribution in [2.45, 2.75) is 13.8 Å². The van der Waals surface area contributed by atoms with Crippen molar-refractivity contribution in [2.75, 3.05) is 30.0 Å². The van der Waals surface area contributed by atoms with E-state index in [1.807, 2.05) is 32.0 Å². The molecule has 2 rings (SSSR count). The topological polar surface area (TPSA) is 64.6 Å². The number of aryl methyl sites for hydroxylation is 2. The van der Waals surface area contributed by atoms with Crippen LogP contribution in [-0.4, -0.2) is 36.6 Å². The monoisotopic (exact) mass is 391 g/mol. The highest BCUT2D eigenvalue weighted by molar-refractivity contribution is 8.00. The Kier molecular flexibility index (Phi) is 8.13. The van der Waals surface area contributed by atoms with Crippen molar-refractivity contribution in [3.05, 3.63) is 59.4 Å². The number of hydrogen-bond acceptors (Lipinski definition) is 5. The first-order valence-corrected chi connectivity index (χ1v) is 9.58. The summed E-state index contributed by atoms with van der Waals surface area (Å²) in [5.41, 5.74) is 2.90. The van der Waals surface area contributed by atoms with Crippen molar-refractivity contribution in [1.29, 1.82) is 0 Å². The number of benzene rings is 2. The number of carbonyl (C=O) groups excluding carboxylic acids is 2. The summed E-state index contributed by atoms with van der Waals surface area (Å²) in [5.74, 6) is -0.176. The van der Waals surface area contributed by atoms with Crippen LogP contribution in [0.3, 0.4) is 0 Å². The maximum atomic E-state index is 12.8. The number of nitrogens with one attached hydrogen (secondary N) is 1. The van der Waals surface area contributed by atoms with E-state index in [1.54, 1.807) is 0 Å². The van der Waals surface area contributed by atoms with E-state index in [9.17, 15) is 14.0 Å². The summed E-state index contributed by atoms with van der Waals surface area (Å²) in [5, 5.41) is 2.83. The van der Waals surface area contributed by atoms with Gasteiger partial charge in [0.05, 0.1) is 11.5 Å². The molecule has 5 nitrogen and oxygen atoms in total. The van der Waals surface area contributed by atoms with Crippen molar-refractivity contribution >= 4 is 29.3 Å². The molecule has 0 bridgehead atoms. The van der Waals surface area contributed by atoms with Crippen molar-refractivity contribution in [3.63, 3.8) is 0 Å². The molecule has 2 aromatic carbocycles. The van der Waals surface area contributed by atoms with Crippen LogP contribution in [0.1, 0.15) is 11.1 Å². The minimum absolute atomic E-state index is 0.0802. The third-order valence-electron chi connectivity index (χ3n) is 3.54. The molecular formula is C20H22FNO4S. The zero-order valence-electron chi connectivity index (χ0n) is 15.3. The maximum absolute atomic E-state index is 12.8. The lowest BCUT2D eigenvalue weighted by Gasteiger charge is -2.09. The molecule has 0 aromatic heterocycles. The summed E-state index contributed by atoms with van der Waals surface area (Å²) < 4.78 is 23.1. The van der Waals surface area contributed by atoms with Crippen LogP contribution in [0.25, 0.3) is 0 Å². The van der Waals surface area contributed by atoms with Crippen LogP contribution in [0.2, 0.25) is 0 Å². The lowest BCUT2D eigenvalue weighted by Crippen LogP contribution is -2.18. The quantitative estimate of drug-likeness (QED) is 0.521. The van der Waals surface area contributed by atoms with E-state index in [0.717, 1.165) is 16.8 Å². The molecule has 1 amide bonds. The number of ether oxygens (including phenoxy) is 2. The van der Waals surface area contributed by atoms with Crippen molar-refractivity contribution < 1.29 is 23.5 Å². The van der Waals surface area contributed by atoms with E-state index < -0.39 is 5.97 Å². The molecule has 0 radical (unpaired) electrons. The SMILES string of the molecule is Cc1ccc(NC(=O)CSCC(=O)OCCOc2ccc(F)cc2)c(C)c1. The number of thioether (sulfide) groups is 1. The Labute approximate surface area is 162 Å². The van der Waals surface area contributed by atoms with Crippen molar-refractivity contribution in [1.82, 2.24) is 0 Å². The molecule has 7 heteroatoms. The normalized spacial score (nSPS) is 10.3. The summed E-state index contributed by atoms with van der Waals surface area (Å²) in [6.07, 6.45) is 0. The Hall–Kier alpha value is -2.54. The van der Waals surface area contributed by atoms with Gasteiger partial charge >= 0.3 is 5.97 Å². The largest absolute Gasteiger partial charge is 0.490 e. The van der Waals surface area contributed by atoms with Crippen LogP contribution in [0, 0.1) is 19.7 Å². The summed E-state index contributed by atoms with van der Waals surface area (Å²) in [6, 6.07) is 11.4. The van der Waals surface area contributed by atoms with Gasteiger partial charge in [0.25, 0.3) is 0 Å². The van der Waals surface area contributed by atoms with E-state index in [2.05, 4.69) is 5.32 Å². The molecule has 0 saturated carbocycles. The highest BCUT2D eigenvalue weighted by atomic mass is 32.2. The predicted molar refractivity (Wildman–Crippen MR) is 105 cm³/mol. The summed E-state index contributed by atoms with van der Waals surface area (Å²) in [7, 11) is 0. The molecule has 0 heterocycles. The average molecular weight is 391 g/mol. The molecule has 27 heavy (non-hydrogen) atoms. The zero-order chi connectivity index (χ0) is 19.6. The van der Waals surface area contributed by atoms with Crippen molar-refractivity contribution in [3.8, 4) is 5.75 Å². The second-order valence-corrected chi connectivity index (χ2v) is 6.87. The lowest BCUT2D eigenvalue weighted by molar-refractivity contribution is -0.141. The second kappa shape index (κ2) is 10.6. The smallest absolute Gasteiger partial charge is 0.316 e. The fourth-order valence-corrected chi connectivity index (χ4v) is 2.86. The predicted octanol–water partition coefficient (Wildman–Crippen LogP) is 3.74. The van der Waals surface area contributed by atoms with Crippen LogP contribution in [0.5, 0.6) is 5.75 Å². The van der Waals surface area contributed by atoms with E-state index in [4.69, 9.17) is 9.47 Å². The molecule has 0 aliphatic carbocycles. The first-order chi connectivity index (χ1) is 12.9. The second-order valence-electron chi connectivity index (χ2n) is 5.88. The van der Waals surface area contributed by atoms with Crippen molar-refractivity contribution in [2.24, 2.45) is 0 Å². The molecule has 1 N–H and O–H groups in total. The standard InChI is InChI=1S/C20H22FNO4S/c1-14-3-8-18(15(2)11-14)22-19(23)12-27-13-20(24)26-10-9-25-17-6-4-16(21)5-7-17/h3-8,11H,9-10,12-13H2,1-2H3,(H,22,23). The summed E-state index contributed by atoms with van der Waals surface area (Å²) >= 11 is 1.18. The van der Waals surface area contributed by atoms with Gasteiger partial charge in [0, 0.05) is 5.69 Å². The van der Waals surface area contributed by atoms with Gasteiger partial charge in [-0.25, -0.2) is 4.39 Å². The Morgan fingerprint density at radius 3 is 2.48 bits per heavy atom. The van der Waals surface area contributed by atoms with E-state index >= 15 is 0 Å². The molecule has 0 aliphatic heterocycles. The highest BCUT2D eigenvalue weighted by Gasteiger charge is 2.08. The van der Waals surface area contributed by atoms with E-state index in [-0.39, 0.29) is 36.4 Å². The number of amides is 1. The maximum Gasteiger partial charge on any atom is 0.316 e. The Morgan fingerprint density at radius 2 is 1.78 bits per heavy atom. The number of anilines is 1.